The molecule has 0 aromatic heterocycles. The van der Waals surface area contributed by atoms with Gasteiger partial charge in [0.15, 0.2) is 0 Å². The fraction of sp³-hybridized carbons (Fsp3) is 0.0714. The van der Waals surface area contributed by atoms with Crippen molar-refractivity contribution in [1.29, 1.82) is 0 Å². The minimum Gasteiger partial charge on any atom is -0.478 e. The van der Waals surface area contributed by atoms with Crippen LogP contribution < -0.4 is 0 Å². The van der Waals surface area contributed by atoms with Gasteiger partial charge in [0.1, 0.15) is 0 Å². The summed E-state index contributed by atoms with van der Waals surface area (Å²) in [6, 6.07) is 15.0. The maximum Gasteiger partial charge on any atom is 0.335 e. The molecule has 0 fully saturated rings. The van der Waals surface area contributed by atoms with Crippen molar-refractivity contribution in [1.82, 2.24) is 0 Å². The summed E-state index contributed by atoms with van der Waals surface area (Å²) < 4.78 is 0. The highest BCUT2D eigenvalue weighted by atomic mass is 32.2. The molecule has 0 radical (unpaired) electrons. The van der Waals surface area contributed by atoms with Gasteiger partial charge in [-0.3, -0.25) is 0 Å². The van der Waals surface area contributed by atoms with Crippen molar-refractivity contribution in [3.63, 3.8) is 0 Å². The normalized spacial score (nSPS) is 10.2. The lowest BCUT2D eigenvalue weighted by Crippen LogP contribution is -1.95. The van der Waals surface area contributed by atoms with Crippen LogP contribution in [0.5, 0.6) is 0 Å². The van der Waals surface area contributed by atoms with Crippen molar-refractivity contribution in [3.8, 4) is 11.1 Å². The van der Waals surface area contributed by atoms with Crippen LogP contribution in [0.1, 0.15) is 10.4 Å². The number of hydrogen-bond acceptors (Lipinski definition) is 2. The zero-order chi connectivity index (χ0) is 12.3. The van der Waals surface area contributed by atoms with Crippen LogP contribution >= 0.6 is 11.8 Å². The smallest absolute Gasteiger partial charge is 0.335 e. The van der Waals surface area contributed by atoms with Gasteiger partial charge in [-0.05, 0) is 35.6 Å². The molecule has 0 heterocycles. The van der Waals surface area contributed by atoms with E-state index in [2.05, 4.69) is 6.07 Å². The minimum atomic E-state index is -0.894. The Morgan fingerprint density at radius 1 is 1.06 bits per heavy atom. The number of benzene rings is 2. The number of rotatable bonds is 3. The van der Waals surface area contributed by atoms with Crippen LogP contribution in [0.2, 0.25) is 0 Å². The molecular formula is C14H12O2S. The van der Waals surface area contributed by atoms with E-state index in [0.717, 1.165) is 11.1 Å². The van der Waals surface area contributed by atoms with Crippen molar-refractivity contribution in [2.75, 3.05) is 6.26 Å². The van der Waals surface area contributed by atoms with Crippen molar-refractivity contribution < 1.29 is 9.90 Å². The third kappa shape index (κ3) is 2.50. The maximum absolute atomic E-state index is 10.8. The van der Waals surface area contributed by atoms with Gasteiger partial charge in [-0.25, -0.2) is 4.79 Å². The number of carbonyl (C=O) groups is 1. The zero-order valence-corrected chi connectivity index (χ0v) is 10.2. The second-order valence-corrected chi connectivity index (χ2v) is 4.43. The van der Waals surface area contributed by atoms with Crippen LogP contribution in [0.4, 0.5) is 0 Å². The molecule has 1 N–H and O–H groups in total. The second kappa shape index (κ2) is 5.06. The highest BCUT2D eigenvalue weighted by Gasteiger charge is 2.05. The summed E-state index contributed by atoms with van der Waals surface area (Å²) in [5.74, 6) is -0.894. The minimum absolute atomic E-state index is 0.315. The van der Waals surface area contributed by atoms with E-state index in [1.807, 2.05) is 36.6 Å². The molecule has 0 spiro atoms. The van der Waals surface area contributed by atoms with Gasteiger partial charge in [-0.2, -0.15) is 0 Å². The third-order valence-corrected chi connectivity index (χ3v) is 3.35. The molecule has 3 heteroatoms. The molecule has 0 atom stereocenters. The average molecular weight is 244 g/mol. The van der Waals surface area contributed by atoms with Gasteiger partial charge >= 0.3 is 5.97 Å². The van der Waals surface area contributed by atoms with Gasteiger partial charge in [-0.1, -0.05) is 30.3 Å². The van der Waals surface area contributed by atoms with Crippen LogP contribution in [0.15, 0.2) is 53.4 Å². The maximum atomic E-state index is 10.8. The summed E-state index contributed by atoms with van der Waals surface area (Å²) in [7, 11) is 0. The van der Waals surface area contributed by atoms with E-state index in [0.29, 0.717) is 5.56 Å². The van der Waals surface area contributed by atoms with Gasteiger partial charge in [0.2, 0.25) is 0 Å². The van der Waals surface area contributed by atoms with Crippen molar-refractivity contribution in [2.45, 2.75) is 4.90 Å². The Morgan fingerprint density at radius 3 is 2.29 bits per heavy atom. The lowest BCUT2D eigenvalue weighted by atomic mass is 10.0. The number of carboxylic acid groups (broad SMARTS) is 1. The summed E-state index contributed by atoms with van der Waals surface area (Å²) >= 11 is 1.68. The second-order valence-electron chi connectivity index (χ2n) is 3.58. The highest BCUT2D eigenvalue weighted by molar-refractivity contribution is 7.98. The number of hydrogen-bond donors (Lipinski definition) is 1. The highest BCUT2D eigenvalue weighted by Crippen LogP contribution is 2.29. The fourth-order valence-corrected chi connectivity index (χ4v) is 2.30. The molecule has 0 aliphatic carbocycles. The van der Waals surface area contributed by atoms with Crippen molar-refractivity contribution >= 4 is 17.7 Å². The van der Waals surface area contributed by atoms with E-state index in [-0.39, 0.29) is 0 Å². The van der Waals surface area contributed by atoms with Crippen LogP contribution in [-0.4, -0.2) is 17.3 Å². The summed E-state index contributed by atoms with van der Waals surface area (Å²) in [6.45, 7) is 0. The molecule has 0 unspecified atom stereocenters. The molecule has 0 aliphatic heterocycles. The molecule has 2 nitrogen and oxygen atoms in total. The van der Waals surface area contributed by atoms with E-state index in [1.54, 1.807) is 23.9 Å². The van der Waals surface area contributed by atoms with Crippen LogP contribution in [-0.2, 0) is 0 Å². The monoisotopic (exact) mass is 244 g/mol. The Morgan fingerprint density at radius 2 is 1.71 bits per heavy atom. The lowest BCUT2D eigenvalue weighted by molar-refractivity contribution is 0.0697. The molecule has 0 saturated heterocycles. The van der Waals surface area contributed by atoms with Crippen molar-refractivity contribution in [2.24, 2.45) is 0 Å². The van der Waals surface area contributed by atoms with Crippen LogP contribution in [0.25, 0.3) is 11.1 Å². The predicted octanol–water partition coefficient (Wildman–Crippen LogP) is 3.77. The Labute approximate surface area is 104 Å². The van der Waals surface area contributed by atoms with E-state index >= 15 is 0 Å². The van der Waals surface area contributed by atoms with Gasteiger partial charge in [0.05, 0.1) is 5.56 Å². The molecule has 2 aromatic carbocycles. The largest absolute Gasteiger partial charge is 0.478 e. The number of carboxylic acids is 1. The molecule has 0 saturated carbocycles. The van der Waals surface area contributed by atoms with Crippen LogP contribution in [0.3, 0.4) is 0 Å². The topological polar surface area (TPSA) is 37.3 Å². The first kappa shape index (κ1) is 11.7. The Balaban J connectivity index is 2.43. The molecule has 17 heavy (non-hydrogen) atoms. The molecule has 0 aliphatic rings. The number of thioether (sulfide) groups is 1. The first-order chi connectivity index (χ1) is 8.22. The van der Waals surface area contributed by atoms with E-state index in [4.69, 9.17) is 5.11 Å². The molecule has 0 amide bonds. The van der Waals surface area contributed by atoms with Gasteiger partial charge in [0.25, 0.3) is 0 Å². The summed E-state index contributed by atoms with van der Waals surface area (Å²) in [5, 5.41) is 8.84. The Hall–Kier alpha value is -1.74. The SMILES string of the molecule is CSc1ccccc1-c1ccc(C(=O)O)cc1. The van der Waals surface area contributed by atoms with Gasteiger partial charge < -0.3 is 5.11 Å². The molecule has 2 rings (SSSR count). The first-order valence-electron chi connectivity index (χ1n) is 5.19. The summed E-state index contributed by atoms with van der Waals surface area (Å²) in [6.07, 6.45) is 2.03. The van der Waals surface area contributed by atoms with E-state index in [1.165, 1.54) is 4.90 Å². The lowest BCUT2D eigenvalue weighted by Gasteiger charge is -2.07. The quantitative estimate of drug-likeness (QED) is 0.835. The fourth-order valence-electron chi connectivity index (χ4n) is 1.68. The Kier molecular flexibility index (Phi) is 3.49. The Bertz CT molecular complexity index is 532. The predicted molar refractivity (Wildman–Crippen MR) is 70.6 cm³/mol. The summed E-state index contributed by atoms with van der Waals surface area (Å²) in [4.78, 5) is 12.0. The average Bonchev–Trinajstić information content (AvgIpc) is 2.39. The molecule has 0 bridgehead atoms. The van der Waals surface area contributed by atoms with E-state index < -0.39 is 5.97 Å². The molecule has 86 valence electrons. The molecular weight excluding hydrogens is 232 g/mol. The van der Waals surface area contributed by atoms with Crippen LogP contribution in [0, 0.1) is 0 Å². The van der Waals surface area contributed by atoms with Gasteiger partial charge in [0, 0.05) is 4.90 Å². The summed E-state index contributed by atoms with van der Waals surface area (Å²) in [5.41, 5.74) is 2.49. The van der Waals surface area contributed by atoms with Gasteiger partial charge in [-0.15, -0.1) is 11.8 Å². The van der Waals surface area contributed by atoms with E-state index in [9.17, 15) is 4.79 Å². The third-order valence-electron chi connectivity index (χ3n) is 2.55. The standard InChI is InChI=1S/C14H12O2S/c1-17-13-5-3-2-4-12(13)10-6-8-11(9-7-10)14(15)16/h2-9H,1H3,(H,15,16). The zero-order valence-electron chi connectivity index (χ0n) is 9.38. The number of aromatic carboxylic acids is 1. The first-order valence-corrected chi connectivity index (χ1v) is 6.41. The van der Waals surface area contributed by atoms with Crippen molar-refractivity contribution in [3.05, 3.63) is 54.1 Å². The molecule has 2 aromatic rings.